The summed E-state index contributed by atoms with van der Waals surface area (Å²) in [5.41, 5.74) is -7.55. The van der Waals surface area contributed by atoms with E-state index in [2.05, 4.69) is 5.32 Å². The molecule has 7 rings (SSSR count). The highest BCUT2D eigenvalue weighted by Crippen LogP contribution is 2.64. The van der Waals surface area contributed by atoms with Gasteiger partial charge in [-0.3, -0.25) is 19.2 Å². The van der Waals surface area contributed by atoms with Crippen LogP contribution in [0.4, 0.5) is 0 Å². The maximum atomic E-state index is 15.6. The van der Waals surface area contributed by atoms with Gasteiger partial charge in [0.2, 0.25) is 0 Å². The van der Waals surface area contributed by atoms with E-state index in [1.807, 2.05) is 0 Å². The van der Waals surface area contributed by atoms with Crippen LogP contribution in [0.3, 0.4) is 0 Å². The number of benzene rings is 3. The molecule has 0 radical (unpaired) electrons. The summed E-state index contributed by atoms with van der Waals surface area (Å²) in [6.07, 6.45) is -10.9. The fraction of sp³-hybridized carbons (Fsp3) is 0.469. The summed E-state index contributed by atoms with van der Waals surface area (Å²) in [4.78, 5) is 84.4. The molecule has 11 atom stereocenters. The first-order valence-corrected chi connectivity index (χ1v) is 21.5. The molecule has 1 heterocycles. The van der Waals surface area contributed by atoms with Gasteiger partial charge in [-0.25, -0.2) is 9.59 Å². The number of hydrogen-bond donors (Lipinski definition) is 4. The van der Waals surface area contributed by atoms with Crippen molar-refractivity contribution < 1.29 is 77.2 Å². The molecule has 2 saturated carbocycles. The summed E-state index contributed by atoms with van der Waals surface area (Å²) >= 11 is 0. The summed E-state index contributed by atoms with van der Waals surface area (Å²) in [6, 6.07) is 19.2. The monoisotopic (exact) mass is 913 g/mol. The Morgan fingerprint density at radius 3 is 1.98 bits per heavy atom. The van der Waals surface area contributed by atoms with Crippen molar-refractivity contribution in [1.82, 2.24) is 5.32 Å². The number of methoxy groups -OCH3 is 2. The fourth-order valence-electron chi connectivity index (χ4n) is 10.5. The van der Waals surface area contributed by atoms with Gasteiger partial charge in [0.1, 0.15) is 35.4 Å². The van der Waals surface area contributed by atoms with Crippen molar-refractivity contribution in [2.24, 2.45) is 16.7 Å². The Morgan fingerprint density at radius 1 is 0.833 bits per heavy atom. The number of rotatable bonds is 12. The fourth-order valence-corrected chi connectivity index (χ4v) is 10.5. The Labute approximate surface area is 381 Å². The normalized spacial score (nSPS) is 30.6. The number of aliphatic hydroxyl groups is 3. The maximum Gasteiger partial charge on any atom is 0.338 e. The lowest BCUT2D eigenvalue weighted by Gasteiger charge is -2.67. The molecule has 3 aromatic rings. The average molecular weight is 914 g/mol. The largest absolute Gasteiger partial charge is 0.497 e. The zero-order valence-corrected chi connectivity index (χ0v) is 37.9. The van der Waals surface area contributed by atoms with Crippen molar-refractivity contribution in [2.45, 2.75) is 108 Å². The second-order valence-electron chi connectivity index (χ2n) is 18.1. The zero-order valence-electron chi connectivity index (χ0n) is 37.9. The number of amides is 1. The average Bonchev–Trinajstić information content (AvgIpc) is 3.28. The van der Waals surface area contributed by atoms with Gasteiger partial charge in [0.25, 0.3) is 5.91 Å². The van der Waals surface area contributed by atoms with Crippen LogP contribution in [0.1, 0.15) is 86.7 Å². The Kier molecular flexibility index (Phi) is 13.0. The Hall–Kier alpha value is -6.14. The second kappa shape index (κ2) is 17.9. The first-order chi connectivity index (χ1) is 31.1. The third-order valence-electron chi connectivity index (χ3n) is 14.1. The highest BCUT2D eigenvalue weighted by molar-refractivity contribution is 5.96. The van der Waals surface area contributed by atoms with E-state index in [0.717, 1.165) is 13.8 Å². The van der Waals surface area contributed by atoms with Crippen LogP contribution in [0, 0.1) is 16.7 Å². The summed E-state index contributed by atoms with van der Waals surface area (Å²) in [5.74, 6) is -6.74. The molecule has 0 aromatic heterocycles. The van der Waals surface area contributed by atoms with E-state index in [1.165, 1.54) is 60.1 Å². The standard InChI is InChI=1S/C49H55NO16/c1-25-33(64-45(58)38(54)37(28-15-11-9-12-16-28)50-43(56)29-17-13-10-14-18-29)23-49(59)42(65-44(57)30-19-31(60-7)21-32(20-30)61-8)40-47(6,34(53)22-35-48(40,24-62-35)66-27(3)52)41(55)39(63-26(2)51)36(25)46(49,4)5/h9-21,33-35,37-40,42,53-54,59H,22-24H2,1-8H3,(H,50,56)/t33-,34-,35+,37-,38+,39+,40-,42-,47+,48-,49+/m0/s1. The van der Waals surface area contributed by atoms with Crippen LogP contribution in [0.2, 0.25) is 0 Å². The molecule has 1 saturated heterocycles. The third-order valence-corrected chi connectivity index (χ3v) is 14.1. The van der Waals surface area contributed by atoms with Gasteiger partial charge in [0.05, 0.1) is 49.9 Å². The van der Waals surface area contributed by atoms with E-state index in [4.69, 9.17) is 33.2 Å². The van der Waals surface area contributed by atoms with Crippen LogP contribution >= 0.6 is 0 Å². The highest BCUT2D eigenvalue weighted by Gasteiger charge is 2.78. The first kappa shape index (κ1) is 47.8. The summed E-state index contributed by atoms with van der Waals surface area (Å²) in [5, 5.41) is 40.6. The van der Waals surface area contributed by atoms with Gasteiger partial charge in [-0.1, -0.05) is 62.4 Å². The van der Waals surface area contributed by atoms with Gasteiger partial charge in [-0.2, -0.15) is 0 Å². The smallest absolute Gasteiger partial charge is 0.338 e. The van der Waals surface area contributed by atoms with E-state index >= 15 is 4.79 Å². The first-order valence-electron chi connectivity index (χ1n) is 21.5. The maximum absolute atomic E-state index is 15.6. The quantitative estimate of drug-likeness (QED) is 0.115. The Morgan fingerprint density at radius 2 is 1.44 bits per heavy atom. The van der Waals surface area contributed by atoms with Crippen molar-refractivity contribution in [3.8, 4) is 11.5 Å². The van der Waals surface area contributed by atoms with Gasteiger partial charge < -0.3 is 53.8 Å². The van der Waals surface area contributed by atoms with Crippen LogP contribution in [0.15, 0.2) is 90.0 Å². The number of esters is 4. The highest BCUT2D eigenvalue weighted by atomic mass is 16.6. The zero-order chi connectivity index (χ0) is 48.1. The number of ketones is 1. The number of nitrogens with one attached hydrogen (secondary N) is 1. The van der Waals surface area contributed by atoms with Crippen LogP contribution in [-0.4, -0.2) is 120 Å². The number of carbonyl (C=O) groups is 6. The predicted molar refractivity (Wildman–Crippen MR) is 231 cm³/mol. The minimum atomic E-state index is -2.47. The Balaban J connectivity index is 1.41. The molecule has 2 bridgehead atoms. The molecule has 3 aromatic carbocycles. The topological polar surface area (TPSA) is 240 Å². The number of carbonyl (C=O) groups excluding carboxylic acids is 6. The van der Waals surface area contributed by atoms with Crippen LogP contribution in [0.5, 0.6) is 11.5 Å². The molecule has 4 N–H and O–H groups in total. The molecular formula is C49H55NO16. The van der Waals surface area contributed by atoms with Crippen molar-refractivity contribution in [1.29, 1.82) is 0 Å². The van der Waals surface area contributed by atoms with Crippen molar-refractivity contribution in [3.05, 3.63) is 107 Å². The molecule has 0 spiro atoms. The molecular weight excluding hydrogens is 859 g/mol. The van der Waals surface area contributed by atoms with Gasteiger partial charge in [-0.05, 0) is 54.8 Å². The van der Waals surface area contributed by atoms with Gasteiger partial charge in [0, 0.05) is 43.7 Å². The Bertz CT molecular complexity index is 2410. The molecule has 3 aliphatic carbocycles. The molecule has 66 heavy (non-hydrogen) atoms. The predicted octanol–water partition coefficient (Wildman–Crippen LogP) is 3.75. The molecule has 0 unspecified atom stereocenters. The van der Waals surface area contributed by atoms with Gasteiger partial charge >= 0.3 is 23.9 Å². The number of hydrogen-bond acceptors (Lipinski definition) is 16. The van der Waals surface area contributed by atoms with E-state index in [-0.39, 0.29) is 46.8 Å². The summed E-state index contributed by atoms with van der Waals surface area (Å²) in [6.45, 7) is 7.83. The SMILES string of the molecule is COc1cc(OC)cc(C(=O)O[C@H]2[C@@H]3[C@]4(OC(C)=O)CO[C@@H]4C[C@H](O)[C@@]3(C)C(=O)[C@H](OC(C)=O)C3=C(C)[C@@H](OC(=O)[C@H](O)[C@@H](NC(=O)c4ccccc4)c4ccccc4)C[C@]2(O)C3(C)C)c1. The molecule has 352 valence electrons. The number of ether oxygens (including phenoxy) is 7. The summed E-state index contributed by atoms with van der Waals surface area (Å²) < 4.78 is 41.3. The lowest BCUT2D eigenvalue weighted by molar-refractivity contribution is -0.346. The van der Waals surface area contributed by atoms with Gasteiger partial charge in [-0.15, -0.1) is 0 Å². The third kappa shape index (κ3) is 8.01. The van der Waals surface area contributed by atoms with Crippen molar-refractivity contribution in [2.75, 3.05) is 20.8 Å². The second-order valence-corrected chi connectivity index (χ2v) is 18.1. The van der Waals surface area contributed by atoms with Crippen LogP contribution in [0.25, 0.3) is 0 Å². The van der Waals surface area contributed by atoms with Crippen molar-refractivity contribution in [3.63, 3.8) is 0 Å². The molecule has 3 fully saturated rings. The van der Waals surface area contributed by atoms with E-state index < -0.39 is 113 Å². The molecule has 4 aliphatic rings. The lowest BCUT2D eigenvalue weighted by Crippen LogP contribution is -2.82. The minimum absolute atomic E-state index is 0.0368. The molecule has 17 heteroatoms. The molecule has 17 nitrogen and oxygen atoms in total. The van der Waals surface area contributed by atoms with Crippen LogP contribution < -0.4 is 14.8 Å². The number of fused-ring (bicyclic) bond motifs is 5. The molecule has 1 aliphatic heterocycles. The summed E-state index contributed by atoms with van der Waals surface area (Å²) in [7, 11) is 2.75. The minimum Gasteiger partial charge on any atom is -0.497 e. The molecule has 1 amide bonds. The van der Waals surface area contributed by atoms with E-state index in [9.17, 15) is 39.3 Å². The van der Waals surface area contributed by atoms with Crippen LogP contribution in [-0.2, 0) is 42.9 Å². The van der Waals surface area contributed by atoms with E-state index in [0.29, 0.717) is 5.56 Å². The number of aliphatic hydroxyl groups excluding tert-OH is 2. The van der Waals surface area contributed by atoms with E-state index in [1.54, 1.807) is 60.7 Å². The lowest BCUT2D eigenvalue weighted by atomic mass is 9.44. The number of Topliss-reactive ketones (excluding diaryl/α,β-unsaturated/α-hetero) is 1. The van der Waals surface area contributed by atoms with Gasteiger partial charge in [0.15, 0.2) is 23.6 Å². The van der Waals surface area contributed by atoms with Crippen molar-refractivity contribution >= 4 is 35.6 Å².